The molecule has 1 amide bonds. The van der Waals surface area contributed by atoms with E-state index in [-0.39, 0.29) is 17.4 Å². The number of nitriles is 1. The predicted molar refractivity (Wildman–Crippen MR) is 86.0 cm³/mol. The molecule has 0 aromatic heterocycles. The molecular formula is C17H24N4O. The lowest BCUT2D eigenvalue weighted by molar-refractivity contribution is 0.0782. The molecule has 1 heterocycles. The van der Waals surface area contributed by atoms with Gasteiger partial charge in [-0.15, -0.1) is 0 Å². The van der Waals surface area contributed by atoms with Gasteiger partial charge in [-0.25, -0.2) is 0 Å². The van der Waals surface area contributed by atoms with E-state index in [0.717, 1.165) is 6.42 Å². The second-order valence-electron chi connectivity index (χ2n) is 7.02. The maximum atomic E-state index is 12.4. The number of carbonyl (C=O) groups excluding carboxylic acids is 1. The van der Waals surface area contributed by atoms with Gasteiger partial charge in [0.1, 0.15) is 0 Å². The fraction of sp³-hybridized carbons (Fsp3) is 0.529. The van der Waals surface area contributed by atoms with Gasteiger partial charge in [-0.3, -0.25) is 15.6 Å². The van der Waals surface area contributed by atoms with E-state index in [1.807, 2.05) is 0 Å². The molecule has 2 unspecified atom stereocenters. The molecule has 2 atom stereocenters. The molecular weight excluding hydrogens is 276 g/mol. The van der Waals surface area contributed by atoms with Crippen LogP contribution >= 0.6 is 0 Å². The monoisotopic (exact) mass is 300 g/mol. The van der Waals surface area contributed by atoms with E-state index in [1.54, 1.807) is 36.2 Å². The van der Waals surface area contributed by atoms with E-state index >= 15 is 0 Å². The number of nitrogens with zero attached hydrogens (tertiary/aromatic N) is 2. The molecule has 22 heavy (non-hydrogen) atoms. The number of hydrogen-bond acceptors (Lipinski definition) is 4. The van der Waals surface area contributed by atoms with Crippen LogP contribution in [0.15, 0.2) is 24.3 Å². The van der Waals surface area contributed by atoms with Crippen LogP contribution in [0.2, 0.25) is 0 Å². The van der Waals surface area contributed by atoms with Crippen molar-refractivity contribution in [1.82, 2.24) is 15.8 Å². The maximum absolute atomic E-state index is 12.4. The second kappa shape index (κ2) is 6.47. The van der Waals surface area contributed by atoms with Crippen molar-refractivity contribution in [3.63, 3.8) is 0 Å². The average molecular weight is 300 g/mol. The normalized spacial score (nSPS) is 21.4. The summed E-state index contributed by atoms with van der Waals surface area (Å²) in [5.41, 5.74) is 7.84. The Morgan fingerprint density at radius 1 is 1.41 bits per heavy atom. The van der Waals surface area contributed by atoms with Crippen molar-refractivity contribution >= 4 is 5.91 Å². The largest absolute Gasteiger partial charge is 0.340 e. The van der Waals surface area contributed by atoms with Gasteiger partial charge in [-0.05, 0) is 30.0 Å². The molecule has 0 radical (unpaired) electrons. The Morgan fingerprint density at radius 2 is 2.14 bits per heavy atom. The van der Waals surface area contributed by atoms with Crippen LogP contribution in [0.1, 0.15) is 43.1 Å². The number of likely N-dealkylation sites (N-methyl/N-ethyl adjacent to an activating group) is 1. The summed E-state index contributed by atoms with van der Waals surface area (Å²) in [6, 6.07) is 9.52. The van der Waals surface area contributed by atoms with Crippen LogP contribution < -0.4 is 10.9 Å². The molecule has 2 rings (SSSR count). The Bertz CT molecular complexity index is 585. The minimum absolute atomic E-state index is 0.0573. The molecule has 2 N–H and O–H groups in total. The van der Waals surface area contributed by atoms with Crippen LogP contribution in [0, 0.1) is 16.7 Å². The fourth-order valence-electron chi connectivity index (χ4n) is 2.67. The van der Waals surface area contributed by atoms with Crippen LogP contribution in [-0.2, 0) is 0 Å². The van der Waals surface area contributed by atoms with Gasteiger partial charge in [0.05, 0.1) is 11.6 Å². The van der Waals surface area contributed by atoms with Crippen LogP contribution in [-0.4, -0.2) is 36.5 Å². The minimum atomic E-state index is -0.0573. The minimum Gasteiger partial charge on any atom is -0.340 e. The van der Waals surface area contributed by atoms with Crippen molar-refractivity contribution < 1.29 is 4.79 Å². The average Bonchev–Trinajstić information content (AvgIpc) is 2.95. The fourth-order valence-corrected chi connectivity index (χ4v) is 2.67. The highest BCUT2D eigenvalue weighted by atomic mass is 16.2. The summed E-state index contributed by atoms with van der Waals surface area (Å²) in [4.78, 5) is 14.2. The molecule has 5 heteroatoms. The predicted octanol–water partition coefficient (Wildman–Crippen LogP) is 1.91. The second-order valence-corrected chi connectivity index (χ2v) is 7.02. The first-order valence-corrected chi connectivity index (χ1v) is 7.58. The summed E-state index contributed by atoms with van der Waals surface area (Å²) in [7, 11) is 1.80. The molecule has 1 fully saturated rings. The smallest absolute Gasteiger partial charge is 0.253 e. The highest BCUT2D eigenvalue weighted by Gasteiger charge is 2.33. The molecule has 1 aliphatic heterocycles. The van der Waals surface area contributed by atoms with E-state index in [1.165, 1.54) is 0 Å². The van der Waals surface area contributed by atoms with Gasteiger partial charge >= 0.3 is 0 Å². The first-order chi connectivity index (χ1) is 10.3. The van der Waals surface area contributed by atoms with E-state index in [0.29, 0.717) is 23.7 Å². The van der Waals surface area contributed by atoms with Gasteiger partial charge in [0.15, 0.2) is 0 Å². The van der Waals surface area contributed by atoms with Crippen molar-refractivity contribution in [3.8, 4) is 6.07 Å². The number of nitrogens with one attached hydrogen (secondary N) is 2. The number of rotatable bonds is 3. The van der Waals surface area contributed by atoms with Crippen molar-refractivity contribution in [2.24, 2.45) is 5.41 Å². The van der Waals surface area contributed by atoms with E-state index in [2.05, 4.69) is 37.7 Å². The molecule has 1 aromatic rings. The van der Waals surface area contributed by atoms with Gasteiger partial charge in [0, 0.05) is 31.2 Å². The summed E-state index contributed by atoms with van der Waals surface area (Å²) in [5.74, 6) is -0.0573. The summed E-state index contributed by atoms with van der Waals surface area (Å²) < 4.78 is 0. The van der Waals surface area contributed by atoms with Gasteiger partial charge in [0.25, 0.3) is 5.91 Å². The van der Waals surface area contributed by atoms with Crippen molar-refractivity contribution in [1.29, 1.82) is 5.26 Å². The Balaban J connectivity index is 1.96. The molecule has 1 aromatic carbocycles. The summed E-state index contributed by atoms with van der Waals surface area (Å²) in [6.07, 6.45) is 0.985. The highest BCUT2D eigenvalue weighted by Crippen LogP contribution is 2.25. The lowest BCUT2D eigenvalue weighted by atomic mass is 9.84. The third-order valence-corrected chi connectivity index (χ3v) is 4.11. The molecule has 118 valence electrons. The highest BCUT2D eigenvalue weighted by molar-refractivity contribution is 5.94. The van der Waals surface area contributed by atoms with Crippen LogP contribution in [0.25, 0.3) is 0 Å². The quantitative estimate of drug-likeness (QED) is 0.895. The third-order valence-electron chi connectivity index (χ3n) is 4.11. The molecule has 1 aliphatic rings. The Morgan fingerprint density at radius 3 is 2.73 bits per heavy atom. The Hall–Kier alpha value is -1.90. The summed E-state index contributed by atoms with van der Waals surface area (Å²) in [6.45, 7) is 7.25. The lowest BCUT2D eigenvalue weighted by Gasteiger charge is -2.26. The zero-order valence-electron chi connectivity index (χ0n) is 13.7. The number of amides is 1. The van der Waals surface area contributed by atoms with Crippen molar-refractivity contribution in [3.05, 3.63) is 35.4 Å². The molecule has 1 saturated heterocycles. The number of benzene rings is 1. The first-order valence-electron chi connectivity index (χ1n) is 7.58. The first kappa shape index (κ1) is 16.5. The maximum Gasteiger partial charge on any atom is 0.253 e. The van der Waals surface area contributed by atoms with Crippen LogP contribution in [0.4, 0.5) is 0 Å². The SMILES string of the molecule is CN(CC1CC(C(C)(C)C)NN1)C(=O)c1cccc(C#N)c1. The standard InChI is InChI=1S/C17H24N4O/c1-17(2,3)15-9-14(19-20-15)11-21(4)16(22)13-7-5-6-12(8-13)10-18/h5-8,14-15,19-20H,9,11H2,1-4H3. The lowest BCUT2D eigenvalue weighted by Crippen LogP contribution is -2.42. The van der Waals surface area contributed by atoms with Gasteiger partial charge in [-0.1, -0.05) is 26.8 Å². The Kier molecular flexibility index (Phi) is 4.84. The molecule has 0 spiro atoms. The van der Waals surface area contributed by atoms with Crippen molar-refractivity contribution in [2.45, 2.75) is 39.3 Å². The van der Waals surface area contributed by atoms with Gasteiger partial charge < -0.3 is 4.90 Å². The number of hydrazine groups is 1. The van der Waals surface area contributed by atoms with Gasteiger partial charge in [-0.2, -0.15) is 5.26 Å². The van der Waals surface area contributed by atoms with Gasteiger partial charge in [0.2, 0.25) is 0 Å². The van der Waals surface area contributed by atoms with E-state index in [4.69, 9.17) is 5.26 Å². The van der Waals surface area contributed by atoms with Crippen molar-refractivity contribution in [2.75, 3.05) is 13.6 Å². The van der Waals surface area contributed by atoms with Crippen LogP contribution in [0.3, 0.4) is 0 Å². The van der Waals surface area contributed by atoms with Crippen LogP contribution in [0.5, 0.6) is 0 Å². The third kappa shape index (κ3) is 3.85. The van der Waals surface area contributed by atoms with E-state index in [9.17, 15) is 4.79 Å². The molecule has 0 bridgehead atoms. The molecule has 5 nitrogen and oxygen atoms in total. The zero-order chi connectivity index (χ0) is 16.3. The topological polar surface area (TPSA) is 68.2 Å². The zero-order valence-corrected chi connectivity index (χ0v) is 13.7. The Labute approximate surface area is 132 Å². The molecule has 0 saturated carbocycles. The summed E-state index contributed by atoms with van der Waals surface area (Å²) >= 11 is 0. The number of carbonyl (C=O) groups is 1. The summed E-state index contributed by atoms with van der Waals surface area (Å²) in [5, 5.41) is 8.92. The van der Waals surface area contributed by atoms with E-state index < -0.39 is 0 Å². The number of hydrogen-bond donors (Lipinski definition) is 2. The molecule has 0 aliphatic carbocycles.